The summed E-state index contributed by atoms with van der Waals surface area (Å²) in [5, 5.41) is 0. The van der Waals surface area contributed by atoms with Gasteiger partial charge in [0.2, 0.25) is 22.5 Å². The molecule has 0 amide bonds. The van der Waals surface area contributed by atoms with Crippen molar-refractivity contribution in [1.82, 2.24) is 0 Å². The Morgan fingerprint density at radius 1 is 1.25 bits per heavy atom. The topological polar surface area (TPSA) is 105 Å². The minimum Gasteiger partial charge on any atom is -0.439 e. The Balaban J connectivity index is 0. The summed E-state index contributed by atoms with van der Waals surface area (Å²) in [5.74, 6) is 0. The Kier molecular flexibility index (Phi) is 12.5. The molecule has 0 fully saturated rings. The van der Waals surface area contributed by atoms with Crippen molar-refractivity contribution >= 4 is 67.4 Å². The first kappa shape index (κ1) is 27.3. The second kappa shape index (κ2) is 11.0. The van der Waals surface area contributed by atoms with Gasteiger partial charge in [0.15, 0.2) is 9.28 Å². The lowest BCUT2D eigenvalue weighted by atomic mass is 10.8. The van der Waals surface area contributed by atoms with Crippen molar-refractivity contribution in [2.75, 3.05) is 7.11 Å². The molecule has 0 aromatic heterocycles. The molecule has 0 aromatic carbocycles. The Hall–Kier alpha value is 1.04. The van der Waals surface area contributed by atoms with Gasteiger partial charge in [-0.25, -0.2) is 0 Å². The first-order chi connectivity index (χ1) is 10.7. The molecule has 0 saturated heterocycles. The van der Waals surface area contributed by atoms with E-state index in [0.717, 1.165) is 0 Å². The van der Waals surface area contributed by atoms with Crippen LogP contribution < -0.4 is 0 Å². The summed E-state index contributed by atoms with van der Waals surface area (Å²) in [6, 6.07) is 0. The molecule has 0 radical (unpaired) electrons. The molecule has 0 bridgehead atoms. The van der Waals surface area contributed by atoms with Crippen LogP contribution >= 0.6 is 0 Å². The van der Waals surface area contributed by atoms with Gasteiger partial charge in [0.1, 0.15) is 0 Å². The highest BCUT2D eigenvalue weighted by atomic mass is 30.0. The molecule has 24 heavy (non-hydrogen) atoms. The van der Waals surface area contributed by atoms with Crippen LogP contribution in [0.2, 0.25) is 32.7 Å². The molecule has 0 rings (SSSR count). The van der Waals surface area contributed by atoms with Gasteiger partial charge in [0.25, 0.3) is 18.2 Å². The summed E-state index contributed by atoms with van der Waals surface area (Å²) < 4.78 is 30.0. The van der Waals surface area contributed by atoms with Crippen molar-refractivity contribution in [1.29, 1.82) is 0 Å². The van der Waals surface area contributed by atoms with Crippen LogP contribution in [0.4, 0.5) is 0 Å². The third-order valence-corrected chi connectivity index (χ3v) is 71.6. The van der Waals surface area contributed by atoms with Crippen LogP contribution in [-0.4, -0.2) is 88.9 Å². The highest BCUT2D eigenvalue weighted by molar-refractivity contribution is 7.83. The molecule has 2 unspecified atom stereocenters. The van der Waals surface area contributed by atoms with Gasteiger partial charge in [-0.05, 0) is 39.7 Å². The summed E-state index contributed by atoms with van der Waals surface area (Å²) in [4.78, 5) is 30.4. The van der Waals surface area contributed by atoms with Crippen molar-refractivity contribution in [3.05, 3.63) is 12.7 Å². The van der Waals surface area contributed by atoms with Crippen molar-refractivity contribution in [2.24, 2.45) is 0 Å². The van der Waals surface area contributed by atoms with E-state index in [1.807, 2.05) is 20.0 Å². The minimum atomic E-state index is -3.27. The van der Waals surface area contributed by atoms with E-state index in [9.17, 15) is 18.8 Å². The van der Waals surface area contributed by atoms with Crippen molar-refractivity contribution < 1.29 is 31.5 Å². The largest absolute Gasteiger partial charge is 0.439 e. The first-order valence-corrected chi connectivity index (χ1v) is 29.8. The van der Waals surface area contributed by atoms with E-state index in [0.29, 0.717) is 9.76 Å². The predicted molar refractivity (Wildman–Crippen MR) is 118 cm³/mol. The van der Waals surface area contributed by atoms with E-state index in [1.54, 1.807) is 32.8 Å². The summed E-state index contributed by atoms with van der Waals surface area (Å²) in [5.41, 5.74) is 0. The second-order valence-corrected chi connectivity index (χ2v) is 57.7. The summed E-state index contributed by atoms with van der Waals surface area (Å²) in [7, 11) is -12.0. The zero-order valence-electron chi connectivity index (χ0n) is 16.2. The molecule has 144 valence electrons. The van der Waals surface area contributed by atoms with E-state index >= 15 is 0 Å². The van der Waals surface area contributed by atoms with E-state index < -0.39 is 57.6 Å². The molecule has 2 atom stereocenters. The Labute approximate surface area is 158 Å². The van der Waals surface area contributed by atoms with Gasteiger partial charge < -0.3 is 31.5 Å². The van der Waals surface area contributed by atoms with Crippen molar-refractivity contribution in [3.63, 3.8) is 0 Å². The van der Waals surface area contributed by atoms with E-state index in [-0.39, 0.29) is 0 Å². The first-order valence-electron chi connectivity index (χ1n) is 7.66. The van der Waals surface area contributed by atoms with Gasteiger partial charge >= 0.3 is 7.60 Å². The summed E-state index contributed by atoms with van der Waals surface area (Å²) in [6.45, 7) is 11.4. The van der Waals surface area contributed by atoms with Gasteiger partial charge in [0, 0.05) is 16.9 Å². The standard InChI is InChI=1S/C6H28O7Si8.C3H6/c1-11-21(14,16-8)20(12-15-7,18(3,4)10)13-19(5,6)17(2)9;1-3-2/h7-8,10H,15-16H2,1-6,14H3;3H,1H2,2H3. The molecule has 0 saturated carbocycles. The predicted octanol–water partition coefficient (Wildman–Crippen LogP) is -2.64. The van der Waals surface area contributed by atoms with Crippen LogP contribution in [0.15, 0.2) is 12.7 Å². The third kappa shape index (κ3) is 6.64. The Morgan fingerprint density at radius 3 is 1.88 bits per heavy atom. The SMILES string of the molecule is C=CC.CO[Si]([SiH3])([SiH2]O)[Si](O[SiH2]O)(O[Si](C)(C)[Si](C)=O)[Si](C)(C)O. The van der Waals surface area contributed by atoms with Gasteiger partial charge in [-0.1, -0.05) is 6.08 Å². The highest BCUT2D eigenvalue weighted by Crippen LogP contribution is 2.30. The lowest BCUT2D eigenvalue weighted by Gasteiger charge is -2.49. The smallest absolute Gasteiger partial charge is 0.336 e. The Bertz CT molecular complexity index is 411. The molecule has 0 aliphatic carbocycles. The average Bonchev–Trinajstić information content (AvgIpc) is 2.45. The number of hydrogen-bond acceptors (Lipinski definition) is 7. The lowest BCUT2D eigenvalue weighted by Crippen LogP contribution is -2.85. The summed E-state index contributed by atoms with van der Waals surface area (Å²) >= 11 is 0. The number of rotatable bonds is 9. The van der Waals surface area contributed by atoms with Gasteiger partial charge in [-0.3, -0.25) is 0 Å². The molecule has 15 heteroatoms. The molecule has 7 nitrogen and oxygen atoms in total. The second-order valence-electron chi connectivity index (χ2n) is 6.62. The van der Waals surface area contributed by atoms with Crippen LogP contribution in [0.5, 0.6) is 0 Å². The molecule has 0 aliphatic rings. The molecule has 0 aromatic rings. The van der Waals surface area contributed by atoms with E-state index in [4.69, 9.17) is 12.7 Å². The van der Waals surface area contributed by atoms with Crippen LogP contribution in [0, 0.1) is 0 Å². The van der Waals surface area contributed by atoms with Crippen molar-refractivity contribution in [2.45, 2.75) is 39.7 Å². The van der Waals surface area contributed by atoms with Crippen molar-refractivity contribution in [3.8, 4) is 0 Å². The number of allylic oxidation sites excluding steroid dienone is 1. The Morgan fingerprint density at radius 2 is 1.67 bits per heavy atom. The van der Waals surface area contributed by atoms with Crippen LogP contribution in [0.1, 0.15) is 6.92 Å². The van der Waals surface area contributed by atoms with E-state index in [2.05, 4.69) is 6.58 Å². The molecule has 0 heterocycles. The molecule has 3 N–H and O–H groups in total. The molecular formula is C9H34O7Si8. The van der Waals surface area contributed by atoms with Gasteiger partial charge in [0.05, 0.1) is 0 Å². The maximum atomic E-state index is 12.1. The maximum Gasteiger partial charge on any atom is 0.336 e. The number of hydrogen-bond donors (Lipinski definition) is 3. The highest BCUT2D eigenvalue weighted by Gasteiger charge is 2.69. The maximum absolute atomic E-state index is 12.1. The summed E-state index contributed by atoms with van der Waals surface area (Å²) in [6.07, 6.45) is 1.75. The fourth-order valence-corrected chi connectivity index (χ4v) is 95.5. The third-order valence-electron chi connectivity index (χ3n) is 3.77. The van der Waals surface area contributed by atoms with Crippen LogP contribution in [0.25, 0.3) is 0 Å². The normalized spacial score (nSPS) is 18.2. The zero-order valence-corrected chi connectivity index (χ0v) is 26.0. The lowest BCUT2D eigenvalue weighted by molar-refractivity contribution is 0.357. The molecular weight excluding hydrogens is 445 g/mol. The fourth-order valence-electron chi connectivity index (χ4n) is 2.06. The van der Waals surface area contributed by atoms with Crippen LogP contribution in [0.3, 0.4) is 0 Å². The minimum absolute atomic E-state index is 0.569. The quantitative estimate of drug-likeness (QED) is 0.246. The monoisotopic (exact) mass is 478 g/mol. The van der Waals surface area contributed by atoms with Gasteiger partial charge in [-0.15, -0.1) is 6.58 Å². The average molecular weight is 479 g/mol. The fraction of sp³-hybridized carbons (Fsp3) is 0.778. The molecule has 0 aliphatic heterocycles. The molecule has 0 spiro atoms. The zero-order chi connectivity index (χ0) is 19.8. The van der Waals surface area contributed by atoms with E-state index in [1.165, 1.54) is 0 Å². The van der Waals surface area contributed by atoms with Crippen LogP contribution in [-0.2, 0) is 17.1 Å². The van der Waals surface area contributed by atoms with Gasteiger partial charge in [-0.2, -0.15) is 0 Å².